The molecule has 3 N–H and O–H groups in total. The number of anilines is 1. The standard InChI is InChI=1S/C27H22ClFN4O3/c28-20-9-5-7-17(25(20)29)13-31-27(36)23-12-16-6-1-3-10-21(16)33(23)24(34)15-32-14-19(26(30)35)18-8-2-4-11-22(18)32/h1-11,14,23H,12-13,15H2,(H2,30,35)(H,31,36)/t23-/m0/s1. The minimum atomic E-state index is -0.811. The number of rotatable bonds is 6. The van der Waals surface area contributed by atoms with Crippen LogP contribution in [0.4, 0.5) is 10.1 Å². The van der Waals surface area contributed by atoms with Gasteiger partial charge >= 0.3 is 0 Å². The summed E-state index contributed by atoms with van der Waals surface area (Å²) in [6, 6.07) is 18.3. The summed E-state index contributed by atoms with van der Waals surface area (Å²) in [7, 11) is 0. The summed E-state index contributed by atoms with van der Waals surface area (Å²) in [6.45, 7) is -0.168. The van der Waals surface area contributed by atoms with Crippen LogP contribution in [0.3, 0.4) is 0 Å². The van der Waals surface area contributed by atoms with Crippen molar-refractivity contribution < 1.29 is 18.8 Å². The number of fused-ring (bicyclic) bond motifs is 2. The van der Waals surface area contributed by atoms with Crippen LogP contribution in [-0.4, -0.2) is 28.3 Å². The van der Waals surface area contributed by atoms with E-state index in [-0.39, 0.29) is 29.6 Å². The van der Waals surface area contributed by atoms with Gasteiger partial charge in [0, 0.05) is 41.3 Å². The number of carbonyl (C=O) groups excluding carboxylic acids is 3. The average Bonchev–Trinajstić information content (AvgIpc) is 3.44. The van der Waals surface area contributed by atoms with Crippen LogP contribution in [0.5, 0.6) is 0 Å². The predicted molar refractivity (Wildman–Crippen MR) is 135 cm³/mol. The number of carbonyl (C=O) groups is 3. The van der Waals surface area contributed by atoms with Crippen LogP contribution in [0.25, 0.3) is 10.9 Å². The molecule has 0 fully saturated rings. The zero-order valence-electron chi connectivity index (χ0n) is 19.1. The first-order valence-corrected chi connectivity index (χ1v) is 11.7. The van der Waals surface area contributed by atoms with Crippen molar-refractivity contribution in [2.24, 2.45) is 5.73 Å². The van der Waals surface area contributed by atoms with E-state index in [1.165, 1.54) is 11.0 Å². The first-order valence-electron chi connectivity index (χ1n) is 11.3. The number of nitrogens with two attached hydrogens (primary N) is 1. The van der Waals surface area contributed by atoms with Crippen molar-refractivity contribution in [2.75, 3.05) is 4.90 Å². The number of hydrogen-bond acceptors (Lipinski definition) is 3. The highest BCUT2D eigenvalue weighted by Crippen LogP contribution is 2.33. The highest BCUT2D eigenvalue weighted by molar-refractivity contribution is 6.30. The molecule has 0 aliphatic carbocycles. The molecule has 9 heteroatoms. The summed E-state index contributed by atoms with van der Waals surface area (Å²) in [6.07, 6.45) is 1.88. The van der Waals surface area contributed by atoms with Crippen LogP contribution < -0.4 is 16.0 Å². The lowest BCUT2D eigenvalue weighted by atomic mass is 10.1. The fourth-order valence-electron chi connectivity index (χ4n) is 4.69. The van der Waals surface area contributed by atoms with E-state index in [0.29, 0.717) is 28.6 Å². The molecule has 0 radical (unpaired) electrons. The second-order valence-electron chi connectivity index (χ2n) is 8.60. The minimum absolute atomic E-state index is 0.0268. The van der Waals surface area contributed by atoms with Gasteiger partial charge < -0.3 is 15.6 Å². The first-order chi connectivity index (χ1) is 17.3. The van der Waals surface area contributed by atoms with Crippen molar-refractivity contribution in [1.82, 2.24) is 9.88 Å². The lowest BCUT2D eigenvalue weighted by Crippen LogP contribution is -2.48. The summed E-state index contributed by atoms with van der Waals surface area (Å²) < 4.78 is 16.0. The number of benzene rings is 3. The molecule has 5 rings (SSSR count). The predicted octanol–water partition coefficient (Wildman–Crippen LogP) is 3.81. The summed E-state index contributed by atoms with van der Waals surface area (Å²) in [5.41, 5.74) is 8.29. The number of halogens is 2. The van der Waals surface area contributed by atoms with E-state index in [1.807, 2.05) is 18.2 Å². The van der Waals surface area contributed by atoms with Crippen molar-refractivity contribution in [3.63, 3.8) is 0 Å². The highest BCUT2D eigenvalue weighted by atomic mass is 35.5. The van der Waals surface area contributed by atoms with Crippen LogP contribution in [0.15, 0.2) is 72.9 Å². The summed E-state index contributed by atoms with van der Waals surface area (Å²) in [4.78, 5) is 40.3. The zero-order chi connectivity index (χ0) is 25.4. The third kappa shape index (κ3) is 4.20. The van der Waals surface area contributed by atoms with Gasteiger partial charge in [-0.3, -0.25) is 19.3 Å². The van der Waals surface area contributed by atoms with Crippen LogP contribution in [0.2, 0.25) is 5.02 Å². The van der Waals surface area contributed by atoms with Crippen molar-refractivity contribution in [3.8, 4) is 0 Å². The van der Waals surface area contributed by atoms with E-state index in [2.05, 4.69) is 5.32 Å². The molecule has 0 spiro atoms. The molecule has 0 saturated heterocycles. The number of nitrogens with zero attached hydrogens (tertiary/aromatic N) is 2. The van der Waals surface area contributed by atoms with Gasteiger partial charge in [-0.1, -0.05) is 60.1 Å². The summed E-state index contributed by atoms with van der Waals surface area (Å²) >= 11 is 5.85. The largest absolute Gasteiger partial charge is 0.366 e. The molecule has 4 aromatic rings. The van der Waals surface area contributed by atoms with Crippen LogP contribution >= 0.6 is 11.6 Å². The van der Waals surface area contributed by atoms with E-state index >= 15 is 0 Å². The molecular weight excluding hydrogens is 483 g/mol. The summed E-state index contributed by atoms with van der Waals surface area (Å²) in [5, 5.41) is 3.37. The molecule has 0 bridgehead atoms. The Kier molecular flexibility index (Phi) is 6.20. The van der Waals surface area contributed by atoms with E-state index < -0.39 is 23.7 Å². The minimum Gasteiger partial charge on any atom is -0.366 e. The number of primary amides is 1. The Bertz CT molecular complexity index is 1520. The Balaban J connectivity index is 1.42. The molecule has 7 nitrogen and oxygen atoms in total. The van der Waals surface area contributed by atoms with Gasteiger partial charge in [0.15, 0.2) is 0 Å². The maximum absolute atomic E-state index is 14.3. The highest BCUT2D eigenvalue weighted by Gasteiger charge is 2.38. The Morgan fingerprint density at radius 2 is 1.78 bits per heavy atom. The van der Waals surface area contributed by atoms with Gasteiger partial charge in [-0.25, -0.2) is 4.39 Å². The monoisotopic (exact) mass is 504 g/mol. The third-order valence-corrected chi connectivity index (χ3v) is 6.68. The molecule has 1 aromatic heterocycles. The lowest BCUT2D eigenvalue weighted by Gasteiger charge is -2.25. The number of para-hydroxylation sites is 2. The molecule has 0 unspecified atom stereocenters. The van der Waals surface area contributed by atoms with Crippen LogP contribution in [0.1, 0.15) is 21.5 Å². The number of amides is 3. The van der Waals surface area contributed by atoms with Gasteiger partial charge in [0.05, 0.1) is 10.6 Å². The number of hydrogen-bond donors (Lipinski definition) is 2. The number of aromatic nitrogens is 1. The van der Waals surface area contributed by atoms with Crippen molar-refractivity contribution in [2.45, 2.75) is 25.6 Å². The van der Waals surface area contributed by atoms with E-state index in [0.717, 1.165) is 5.56 Å². The molecule has 3 amide bonds. The average molecular weight is 505 g/mol. The molecule has 182 valence electrons. The second-order valence-corrected chi connectivity index (χ2v) is 9.00. The Labute approximate surface area is 211 Å². The van der Waals surface area contributed by atoms with Gasteiger partial charge in [-0.2, -0.15) is 0 Å². The third-order valence-electron chi connectivity index (χ3n) is 6.39. The molecular formula is C27H22ClFN4O3. The lowest BCUT2D eigenvalue weighted by molar-refractivity contribution is -0.126. The molecule has 0 saturated carbocycles. The maximum atomic E-state index is 14.3. The van der Waals surface area contributed by atoms with Gasteiger partial charge in [-0.15, -0.1) is 0 Å². The van der Waals surface area contributed by atoms with Crippen LogP contribution in [0, 0.1) is 5.82 Å². The molecule has 2 heterocycles. The number of nitrogens with one attached hydrogen (secondary N) is 1. The fourth-order valence-corrected chi connectivity index (χ4v) is 4.88. The maximum Gasteiger partial charge on any atom is 0.250 e. The van der Waals surface area contributed by atoms with E-state index in [9.17, 15) is 18.8 Å². The molecule has 3 aromatic carbocycles. The van der Waals surface area contributed by atoms with Gasteiger partial charge in [0.1, 0.15) is 18.4 Å². The first kappa shape index (κ1) is 23.6. The normalized spacial score (nSPS) is 14.6. The van der Waals surface area contributed by atoms with E-state index in [4.69, 9.17) is 17.3 Å². The van der Waals surface area contributed by atoms with Gasteiger partial charge in [-0.05, 0) is 23.8 Å². The molecule has 1 aliphatic rings. The van der Waals surface area contributed by atoms with Gasteiger partial charge in [0.2, 0.25) is 11.8 Å². The second kappa shape index (κ2) is 9.47. The Morgan fingerprint density at radius 3 is 2.58 bits per heavy atom. The molecule has 1 aliphatic heterocycles. The van der Waals surface area contributed by atoms with Gasteiger partial charge in [0.25, 0.3) is 5.91 Å². The smallest absolute Gasteiger partial charge is 0.250 e. The Morgan fingerprint density at radius 1 is 1.03 bits per heavy atom. The molecule has 36 heavy (non-hydrogen) atoms. The topological polar surface area (TPSA) is 97.4 Å². The van der Waals surface area contributed by atoms with Crippen LogP contribution in [-0.2, 0) is 29.1 Å². The Hall–Kier alpha value is -4.17. The van der Waals surface area contributed by atoms with E-state index in [1.54, 1.807) is 53.2 Å². The fraction of sp³-hybridized carbons (Fsp3) is 0.148. The quantitative estimate of drug-likeness (QED) is 0.418. The summed E-state index contributed by atoms with van der Waals surface area (Å²) in [5.74, 6) is -1.92. The zero-order valence-corrected chi connectivity index (χ0v) is 19.8. The molecule has 1 atom stereocenters. The van der Waals surface area contributed by atoms with Crippen molar-refractivity contribution in [3.05, 3.63) is 100 Å². The van der Waals surface area contributed by atoms with Crippen molar-refractivity contribution >= 4 is 45.9 Å². The SMILES string of the molecule is NC(=O)c1cn(CC(=O)N2c3ccccc3C[C@H]2C(=O)NCc2cccc(Cl)c2F)c2ccccc12. The van der Waals surface area contributed by atoms with Crippen molar-refractivity contribution in [1.29, 1.82) is 0 Å².